The number of aromatic nitrogens is 2. The monoisotopic (exact) mass is 464 g/mol. The number of benzene rings is 2. The van der Waals surface area contributed by atoms with Gasteiger partial charge in [-0.05, 0) is 55.3 Å². The zero-order valence-corrected chi connectivity index (χ0v) is 19.7. The van der Waals surface area contributed by atoms with Gasteiger partial charge in [0, 0.05) is 31.5 Å². The lowest BCUT2D eigenvalue weighted by atomic mass is 9.94. The van der Waals surface area contributed by atoms with Crippen molar-refractivity contribution < 1.29 is 23.5 Å². The summed E-state index contributed by atoms with van der Waals surface area (Å²) in [6.45, 7) is 2.95. The van der Waals surface area contributed by atoms with Crippen LogP contribution < -0.4 is 14.8 Å². The Morgan fingerprint density at radius 1 is 1.00 bits per heavy atom. The number of allylic oxidation sites excluding steroid dienone is 1. The molecule has 0 radical (unpaired) electrons. The summed E-state index contributed by atoms with van der Waals surface area (Å²) in [5, 5.41) is 7.29. The molecule has 0 spiro atoms. The summed E-state index contributed by atoms with van der Waals surface area (Å²) in [6.07, 6.45) is 0.697. The van der Waals surface area contributed by atoms with Gasteiger partial charge in [0.05, 0.1) is 25.8 Å². The summed E-state index contributed by atoms with van der Waals surface area (Å²) < 4.78 is 21.4. The van der Waals surface area contributed by atoms with Gasteiger partial charge in [-0.15, -0.1) is 0 Å². The molecule has 0 fully saturated rings. The van der Waals surface area contributed by atoms with Crippen LogP contribution in [-0.2, 0) is 4.74 Å². The topological polar surface area (TPSA) is 99.0 Å². The van der Waals surface area contributed by atoms with E-state index in [1.807, 2.05) is 55.5 Å². The highest BCUT2D eigenvalue weighted by Crippen LogP contribution is 2.38. The largest absolute Gasteiger partial charge is 0.497 e. The number of nitrogens with one attached hydrogen (secondary N) is 1. The van der Waals surface area contributed by atoms with Crippen LogP contribution in [0.25, 0.3) is 17.0 Å². The molecule has 3 aromatic rings. The minimum atomic E-state index is -0.457. The molecule has 2 aromatic carbocycles. The number of amides is 2. The SMILES string of the molecule is COCCCN1C(=O)NC(c2ccc(OC)cc2)C(c2nc(-c3ccc(OC)cc3)no2)=C1C. The molecule has 0 saturated heterocycles. The summed E-state index contributed by atoms with van der Waals surface area (Å²) in [5.74, 6) is 2.27. The standard InChI is InChI=1S/C25H28N4O5/c1-16-21(24-27-23(28-34-24)18-8-12-20(33-4)13-9-18)22(17-6-10-19(32-3)11-7-17)26-25(30)29(16)14-5-15-31-2/h6-13,22H,5,14-15H2,1-4H3,(H,26,30). The number of hydrogen-bond acceptors (Lipinski definition) is 7. The first kappa shape index (κ1) is 23.3. The lowest BCUT2D eigenvalue weighted by Crippen LogP contribution is -2.46. The fourth-order valence-electron chi connectivity index (χ4n) is 3.93. The van der Waals surface area contributed by atoms with Crippen LogP contribution in [0, 0.1) is 0 Å². The van der Waals surface area contributed by atoms with Crippen LogP contribution in [0.4, 0.5) is 4.79 Å². The van der Waals surface area contributed by atoms with E-state index in [0.717, 1.165) is 33.9 Å². The molecule has 178 valence electrons. The normalized spacial score (nSPS) is 15.9. The van der Waals surface area contributed by atoms with E-state index in [1.165, 1.54) is 0 Å². The molecule has 34 heavy (non-hydrogen) atoms. The van der Waals surface area contributed by atoms with Crippen molar-refractivity contribution in [3.8, 4) is 22.9 Å². The number of ether oxygens (including phenoxy) is 3. The highest BCUT2D eigenvalue weighted by atomic mass is 16.5. The van der Waals surface area contributed by atoms with Crippen molar-refractivity contribution >= 4 is 11.6 Å². The Hall–Kier alpha value is -3.85. The summed E-state index contributed by atoms with van der Waals surface area (Å²) in [4.78, 5) is 19.4. The second-order valence-corrected chi connectivity index (χ2v) is 7.80. The maximum atomic E-state index is 13.0. The van der Waals surface area contributed by atoms with Crippen molar-refractivity contribution in [2.45, 2.75) is 19.4 Å². The number of methoxy groups -OCH3 is 3. The van der Waals surface area contributed by atoms with E-state index in [-0.39, 0.29) is 6.03 Å². The number of carbonyl (C=O) groups excluding carboxylic acids is 1. The molecule has 0 saturated carbocycles. The number of hydrogen-bond donors (Lipinski definition) is 1. The lowest BCUT2D eigenvalue weighted by Gasteiger charge is -2.35. The Morgan fingerprint density at radius 2 is 1.65 bits per heavy atom. The fraction of sp³-hybridized carbons (Fsp3) is 0.320. The zero-order chi connectivity index (χ0) is 24.1. The average molecular weight is 465 g/mol. The van der Waals surface area contributed by atoms with Crippen molar-refractivity contribution in [1.29, 1.82) is 0 Å². The van der Waals surface area contributed by atoms with Gasteiger partial charge >= 0.3 is 6.03 Å². The Balaban J connectivity index is 1.74. The maximum absolute atomic E-state index is 13.0. The van der Waals surface area contributed by atoms with Gasteiger partial charge in [0.1, 0.15) is 11.5 Å². The molecule has 0 bridgehead atoms. The number of carbonyl (C=O) groups is 1. The minimum absolute atomic E-state index is 0.187. The second-order valence-electron chi connectivity index (χ2n) is 7.80. The minimum Gasteiger partial charge on any atom is -0.497 e. The third-order valence-electron chi connectivity index (χ3n) is 5.78. The first-order valence-electron chi connectivity index (χ1n) is 11.0. The molecule has 9 heteroatoms. The molecule has 1 atom stereocenters. The van der Waals surface area contributed by atoms with Crippen molar-refractivity contribution in [3.63, 3.8) is 0 Å². The number of urea groups is 1. The lowest BCUT2D eigenvalue weighted by molar-refractivity contribution is 0.174. The van der Waals surface area contributed by atoms with Crippen LogP contribution >= 0.6 is 0 Å². The van der Waals surface area contributed by atoms with Crippen LogP contribution in [0.2, 0.25) is 0 Å². The Bertz CT molecular complexity index is 1150. The molecule has 1 aliphatic rings. The molecular weight excluding hydrogens is 436 g/mol. The van der Waals surface area contributed by atoms with Crippen LogP contribution in [0.1, 0.15) is 30.8 Å². The predicted octanol–water partition coefficient (Wildman–Crippen LogP) is 4.29. The molecule has 9 nitrogen and oxygen atoms in total. The fourth-order valence-corrected chi connectivity index (χ4v) is 3.93. The van der Waals surface area contributed by atoms with Gasteiger partial charge < -0.3 is 24.1 Å². The second kappa shape index (κ2) is 10.4. The van der Waals surface area contributed by atoms with Crippen LogP contribution in [0.3, 0.4) is 0 Å². The van der Waals surface area contributed by atoms with Gasteiger partial charge in [-0.3, -0.25) is 4.90 Å². The van der Waals surface area contributed by atoms with Crippen molar-refractivity contribution in [2.24, 2.45) is 0 Å². The van der Waals surface area contributed by atoms with E-state index in [0.29, 0.717) is 31.3 Å². The van der Waals surface area contributed by atoms with Crippen molar-refractivity contribution in [2.75, 3.05) is 34.5 Å². The predicted molar refractivity (Wildman–Crippen MR) is 126 cm³/mol. The first-order valence-corrected chi connectivity index (χ1v) is 11.0. The van der Waals surface area contributed by atoms with E-state index in [9.17, 15) is 4.79 Å². The molecule has 1 aliphatic heterocycles. The van der Waals surface area contributed by atoms with E-state index >= 15 is 0 Å². The van der Waals surface area contributed by atoms with Crippen molar-refractivity contribution in [1.82, 2.24) is 20.4 Å². The van der Waals surface area contributed by atoms with Gasteiger partial charge in [0.25, 0.3) is 5.89 Å². The summed E-state index contributed by atoms with van der Waals surface area (Å²) >= 11 is 0. The third kappa shape index (κ3) is 4.74. The number of rotatable bonds is 9. The maximum Gasteiger partial charge on any atom is 0.322 e. The Kier molecular flexibility index (Phi) is 7.12. The van der Waals surface area contributed by atoms with E-state index in [2.05, 4.69) is 15.5 Å². The van der Waals surface area contributed by atoms with Crippen molar-refractivity contribution in [3.05, 3.63) is 65.7 Å². The van der Waals surface area contributed by atoms with Crippen LogP contribution in [-0.4, -0.2) is 55.6 Å². The summed E-state index contributed by atoms with van der Waals surface area (Å²) in [7, 11) is 4.87. The molecule has 1 unspecified atom stereocenters. The van der Waals surface area contributed by atoms with Gasteiger partial charge in [0.15, 0.2) is 0 Å². The summed E-state index contributed by atoms with van der Waals surface area (Å²) in [6, 6.07) is 14.3. The van der Waals surface area contributed by atoms with E-state index in [4.69, 9.17) is 18.7 Å². The van der Waals surface area contributed by atoms with E-state index in [1.54, 1.807) is 26.2 Å². The molecule has 4 rings (SSSR count). The number of nitrogens with zero attached hydrogens (tertiary/aromatic N) is 3. The Labute approximate surface area is 198 Å². The first-order chi connectivity index (χ1) is 16.5. The van der Waals surface area contributed by atoms with Gasteiger partial charge in [-0.25, -0.2) is 4.79 Å². The molecular formula is C25H28N4O5. The molecule has 2 amide bonds. The zero-order valence-electron chi connectivity index (χ0n) is 19.7. The van der Waals surface area contributed by atoms with Crippen LogP contribution in [0.15, 0.2) is 58.8 Å². The summed E-state index contributed by atoms with van der Waals surface area (Å²) in [5.41, 5.74) is 3.18. The third-order valence-corrected chi connectivity index (χ3v) is 5.78. The van der Waals surface area contributed by atoms with E-state index < -0.39 is 6.04 Å². The quantitative estimate of drug-likeness (QED) is 0.472. The van der Waals surface area contributed by atoms with Crippen LogP contribution in [0.5, 0.6) is 11.5 Å². The van der Waals surface area contributed by atoms with Gasteiger partial charge in [-0.1, -0.05) is 17.3 Å². The molecule has 1 N–H and O–H groups in total. The smallest absolute Gasteiger partial charge is 0.322 e. The van der Waals surface area contributed by atoms with Gasteiger partial charge in [0.2, 0.25) is 5.82 Å². The molecule has 2 heterocycles. The average Bonchev–Trinajstić information content (AvgIpc) is 3.35. The van der Waals surface area contributed by atoms with Gasteiger partial charge in [-0.2, -0.15) is 4.98 Å². The highest BCUT2D eigenvalue weighted by molar-refractivity contribution is 5.86. The molecule has 1 aromatic heterocycles. The Morgan fingerprint density at radius 3 is 2.26 bits per heavy atom. The highest BCUT2D eigenvalue weighted by Gasteiger charge is 2.35. The molecule has 0 aliphatic carbocycles.